The first-order chi connectivity index (χ1) is 10.7. The Balaban J connectivity index is 1.76. The van der Waals surface area contributed by atoms with Crippen LogP contribution in [0.3, 0.4) is 0 Å². The van der Waals surface area contributed by atoms with Gasteiger partial charge in [0.05, 0.1) is 12.5 Å². The zero-order valence-electron chi connectivity index (χ0n) is 13.4. The van der Waals surface area contributed by atoms with Gasteiger partial charge < -0.3 is 15.4 Å². The SMILES string of the molecule is COc1cccc(C2(C(=O)NCC3CCCN3)CCCC2)c1. The molecule has 1 unspecified atom stereocenters. The van der Waals surface area contributed by atoms with E-state index in [0.717, 1.165) is 56.5 Å². The van der Waals surface area contributed by atoms with Gasteiger partial charge in [-0.25, -0.2) is 0 Å². The summed E-state index contributed by atoms with van der Waals surface area (Å²) in [5, 5.41) is 6.64. The Labute approximate surface area is 132 Å². The molecule has 2 aliphatic rings. The monoisotopic (exact) mass is 302 g/mol. The van der Waals surface area contributed by atoms with Crippen LogP contribution in [0.4, 0.5) is 0 Å². The summed E-state index contributed by atoms with van der Waals surface area (Å²) >= 11 is 0. The van der Waals surface area contributed by atoms with Gasteiger partial charge >= 0.3 is 0 Å². The highest BCUT2D eigenvalue weighted by atomic mass is 16.5. The molecule has 1 amide bonds. The van der Waals surface area contributed by atoms with Crippen molar-refractivity contribution in [3.63, 3.8) is 0 Å². The van der Waals surface area contributed by atoms with Crippen LogP contribution in [0.5, 0.6) is 5.75 Å². The molecule has 0 radical (unpaired) electrons. The van der Waals surface area contributed by atoms with Gasteiger partial charge in [0.1, 0.15) is 5.75 Å². The second-order valence-corrected chi connectivity index (χ2v) is 6.52. The number of rotatable bonds is 5. The number of hydrogen-bond donors (Lipinski definition) is 2. The standard InChI is InChI=1S/C18H26N2O2/c1-22-16-8-4-6-14(12-16)18(9-2-3-10-18)17(21)20-13-15-7-5-11-19-15/h4,6,8,12,15,19H,2-3,5,7,9-11,13H2,1H3,(H,20,21). The Morgan fingerprint density at radius 1 is 1.36 bits per heavy atom. The summed E-state index contributed by atoms with van der Waals surface area (Å²) in [6, 6.07) is 8.46. The number of amides is 1. The second-order valence-electron chi connectivity index (χ2n) is 6.52. The van der Waals surface area contributed by atoms with Gasteiger partial charge in [-0.15, -0.1) is 0 Å². The lowest BCUT2D eigenvalue weighted by Crippen LogP contribution is -2.46. The van der Waals surface area contributed by atoms with Crippen molar-refractivity contribution in [3.05, 3.63) is 29.8 Å². The Bertz CT molecular complexity index is 518. The molecule has 1 heterocycles. The van der Waals surface area contributed by atoms with Crippen LogP contribution >= 0.6 is 0 Å². The molecule has 4 nitrogen and oxygen atoms in total. The van der Waals surface area contributed by atoms with Crippen molar-refractivity contribution >= 4 is 5.91 Å². The molecule has 1 aromatic rings. The van der Waals surface area contributed by atoms with Crippen LogP contribution in [-0.4, -0.2) is 32.1 Å². The summed E-state index contributed by atoms with van der Waals surface area (Å²) < 4.78 is 5.34. The average molecular weight is 302 g/mol. The van der Waals surface area contributed by atoms with E-state index in [2.05, 4.69) is 16.7 Å². The first kappa shape index (κ1) is 15.3. The van der Waals surface area contributed by atoms with Gasteiger partial charge in [0.2, 0.25) is 5.91 Å². The van der Waals surface area contributed by atoms with Crippen molar-refractivity contribution in [2.45, 2.75) is 50.0 Å². The predicted molar refractivity (Wildman–Crippen MR) is 87.2 cm³/mol. The van der Waals surface area contributed by atoms with Crippen LogP contribution in [0.25, 0.3) is 0 Å². The highest BCUT2D eigenvalue weighted by molar-refractivity contribution is 5.88. The average Bonchev–Trinajstić information content (AvgIpc) is 3.24. The van der Waals surface area contributed by atoms with E-state index < -0.39 is 0 Å². The van der Waals surface area contributed by atoms with Crippen LogP contribution < -0.4 is 15.4 Å². The molecule has 3 rings (SSSR count). The van der Waals surface area contributed by atoms with E-state index >= 15 is 0 Å². The van der Waals surface area contributed by atoms with Crippen molar-refractivity contribution < 1.29 is 9.53 Å². The lowest BCUT2D eigenvalue weighted by atomic mass is 9.78. The van der Waals surface area contributed by atoms with Gasteiger partial charge in [-0.05, 0) is 49.9 Å². The summed E-state index contributed by atoms with van der Waals surface area (Å²) in [6.07, 6.45) is 6.47. The molecule has 2 N–H and O–H groups in total. The maximum Gasteiger partial charge on any atom is 0.230 e. The maximum absolute atomic E-state index is 12.9. The Kier molecular flexibility index (Phi) is 4.67. The smallest absolute Gasteiger partial charge is 0.230 e. The molecule has 1 aliphatic heterocycles. The van der Waals surface area contributed by atoms with Gasteiger partial charge in [0, 0.05) is 12.6 Å². The van der Waals surface area contributed by atoms with Crippen molar-refractivity contribution in [3.8, 4) is 5.75 Å². The lowest BCUT2D eigenvalue weighted by Gasteiger charge is -2.29. The zero-order chi connectivity index (χ0) is 15.4. The number of methoxy groups -OCH3 is 1. The first-order valence-electron chi connectivity index (χ1n) is 8.41. The largest absolute Gasteiger partial charge is 0.497 e. The molecule has 1 aromatic carbocycles. The van der Waals surface area contributed by atoms with Gasteiger partial charge in [0.15, 0.2) is 0 Å². The minimum atomic E-state index is -0.368. The van der Waals surface area contributed by atoms with E-state index in [1.807, 2.05) is 18.2 Å². The van der Waals surface area contributed by atoms with Crippen LogP contribution in [-0.2, 0) is 10.2 Å². The molecule has 2 fully saturated rings. The van der Waals surface area contributed by atoms with Crippen LogP contribution in [0, 0.1) is 0 Å². The second kappa shape index (κ2) is 6.69. The fraction of sp³-hybridized carbons (Fsp3) is 0.611. The molecule has 0 bridgehead atoms. The molecule has 0 spiro atoms. The van der Waals surface area contributed by atoms with E-state index in [4.69, 9.17) is 4.74 Å². The van der Waals surface area contributed by atoms with Crippen LogP contribution in [0.1, 0.15) is 44.1 Å². The molecule has 1 atom stereocenters. The van der Waals surface area contributed by atoms with Crippen molar-refractivity contribution in [2.24, 2.45) is 0 Å². The minimum absolute atomic E-state index is 0.187. The Morgan fingerprint density at radius 2 is 2.18 bits per heavy atom. The van der Waals surface area contributed by atoms with Crippen molar-refractivity contribution in [1.29, 1.82) is 0 Å². The molecular formula is C18H26N2O2. The summed E-state index contributed by atoms with van der Waals surface area (Å²) in [5.41, 5.74) is 0.730. The zero-order valence-corrected chi connectivity index (χ0v) is 13.4. The highest BCUT2D eigenvalue weighted by Crippen LogP contribution is 2.42. The summed E-state index contributed by atoms with van der Waals surface area (Å²) in [7, 11) is 1.67. The quantitative estimate of drug-likeness (QED) is 0.878. The van der Waals surface area contributed by atoms with E-state index in [-0.39, 0.29) is 11.3 Å². The number of ether oxygens (including phenoxy) is 1. The maximum atomic E-state index is 12.9. The molecule has 120 valence electrons. The summed E-state index contributed by atoms with van der Waals surface area (Å²) in [5.74, 6) is 1.01. The van der Waals surface area contributed by atoms with E-state index in [9.17, 15) is 4.79 Å². The lowest BCUT2D eigenvalue weighted by molar-refractivity contribution is -0.126. The molecule has 22 heavy (non-hydrogen) atoms. The molecular weight excluding hydrogens is 276 g/mol. The van der Waals surface area contributed by atoms with Crippen LogP contribution in [0.15, 0.2) is 24.3 Å². The number of hydrogen-bond acceptors (Lipinski definition) is 3. The number of carbonyl (C=O) groups is 1. The molecule has 1 saturated carbocycles. The third kappa shape index (κ3) is 2.98. The van der Waals surface area contributed by atoms with Gasteiger partial charge in [-0.1, -0.05) is 25.0 Å². The number of benzene rings is 1. The Hall–Kier alpha value is -1.55. The van der Waals surface area contributed by atoms with Gasteiger partial charge in [-0.3, -0.25) is 4.79 Å². The summed E-state index contributed by atoms with van der Waals surface area (Å²) in [6.45, 7) is 1.81. The van der Waals surface area contributed by atoms with Gasteiger partial charge in [0.25, 0.3) is 0 Å². The van der Waals surface area contributed by atoms with E-state index in [0.29, 0.717) is 6.04 Å². The van der Waals surface area contributed by atoms with E-state index in [1.165, 1.54) is 6.42 Å². The molecule has 1 aliphatic carbocycles. The molecule has 1 saturated heterocycles. The summed E-state index contributed by atoms with van der Waals surface area (Å²) in [4.78, 5) is 12.9. The number of carbonyl (C=O) groups excluding carboxylic acids is 1. The fourth-order valence-corrected chi connectivity index (χ4v) is 3.86. The highest BCUT2D eigenvalue weighted by Gasteiger charge is 2.42. The topological polar surface area (TPSA) is 50.4 Å². The van der Waals surface area contributed by atoms with Crippen LogP contribution in [0.2, 0.25) is 0 Å². The number of nitrogens with one attached hydrogen (secondary N) is 2. The van der Waals surface area contributed by atoms with Crippen molar-refractivity contribution in [2.75, 3.05) is 20.2 Å². The van der Waals surface area contributed by atoms with Gasteiger partial charge in [-0.2, -0.15) is 0 Å². The van der Waals surface area contributed by atoms with E-state index in [1.54, 1.807) is 7.11 Å². The molecule has 4 heteroatoms. The Morgan fingerprint density at radius 3 is 2.86 bits per heavy atom. The third-order valence-corrected chi connectivity index (χ3v) is 5.19. The first-order valence-corrected chi connectivity index (χ1v) is 8.41. The molecule has 0 aromatic heterocycles. The third-order valence-electron chi connectivity index (χ3n) is 5.19. The normalized spacial score (nSPS) is 23.4. The predicted octanol–water partition coefficient (Wildman–Crippen LogP) is 2.38. The fourth-order valence-electron chi connectivity index (χ4n) is 3.86. The minimum Gasteiger partial charge on any atom is -0.497 e. The van der Waals surface area contributed by atoms with Crippen molar-refractivity contribution in [1.82, 2.24) is 10.6 Å².